The molecule has 0 fully saturated rings. The third-order valence-electron chi connectivity index (χ3n) is 2.21. The minimum atomic E-state index is -1.12. The molecule has 2 amide bonds. The number of aliphatic carboxylic acids is 1. The normalized spacial score (nSPS) is 11.1. The summed E-state index contributed by atoms with van der Waals surface area (Å²) < 4.78 is 0. The van der Waals surface area contributed by atoms with Crippen LogP contribution in [0.2, 0.25) is 0 Å². The van der Waals surface area contributed by atoms with Crippen LogP contribution in [0.5, 0.6) is 0 Å². The number of carbonyl (C=O) groups excluding carboxylic acids is 1. The van der Waals surface area contributed by atoms with E-state index in [1.54, 1.807) is 30.3 Å². The number of terminal acetylenes is 1. The van der Waals surface area contributed by atoms with Crippen LogP contribution in [0.1, 0.15) is 18.0 Å². The van der Waals surface area contributed by atoms with Gasteiger partial charge in [-0.05, 0) is 5.56 Å². The zero-order chi connectivity index (χ0) is 13.4. The van der Waals surface area contributed by atoms with Gasteiger partial charge in [-0.2, -0.15) is 0 Å². The van der Waals surface area contributed by atoms with E-state index in [0.29, 0.717) is 18.5 Å². The van der Waals surface area contributed by atoms with Crippen LogP contribution in [0.25, 0.3) is 0 Å². The molecule has 1 aromatic rings. The zero-order valence-corrected chi connectivity index (χ0v) is 9.72. The maximum atomic E-state index is 11.5. The van der Waals surface area contributed by atoms with Gasteiger partial charge in [0.2, 0.25) is 0 Å². The molecule has 0 radical (unpaired) electrons. The summed E-state index contributed by atoms with van der Waals surface area (Å²) in [6.45, 7) is 0.309. The predicted octanol–water partition coefficient (Wildman–Crippen LogP) is 1.13. The predicted molar refractivity (Wildman–Crippen MR) is 66.8 cm³/mol. The fourth-order valence-corrected chi connectivity index (χ4v) is 1.36. The van der Waals surface area contributed by atoms with Gasteiger partial charge in [0.25, 0.3) is 0 Å². The van der Waals surface area contributed by atoms with Crippen molar-refractivity contribution in [2.24, 2.45) is 0 Å². The first-order chi connectivity index (χ1) is 8.65. The molecular weight excluding hydrogens is 232 g/mol. The Hall–Kier alpha value is -2.48. The van der Waals surface area contributed by atoms with E-state index >= 15 is 0 Å². The molecule has 5 nitrogen and oxygen atoms in total. The highest BCUT2D eigenvalue weighted by molar-refractivity contribution is 5.83. The molecule has 18 heavy (non-hydrogen) atoms. The molecule has 0 bridgehead atoms. The lowest BCUT2D eigenvalue weighted by Crippen LogP contribution is -2.41. The molecule has 0 unspecified atom stereocenters. The molecule has 1 rings (SSSR count). The van der Waals surface area contributed by atoms with Gasteiger partial charge in [-0.15, -0.1) is 12.3 Å². The van der Waals surface area contributed by atoms with Gasteiger partial charge in [-0.3, -0.25) is 0 Å². The fourth-order valence-electron chi connectivity index (χ4n) is 1.36. The monoisotopic (exact) mass is 246 g/mol. The van der Waals surface area contributed by atoms with E-state index < -0.39 is 18.0 Å². The van der Waals surface area contributed by atoms with Gasteiger partial charge in [0, 0.05) is 13.0 Å². The van der Waals surface area contributed by atoms with Crippen molar-refractivity contribution >= 4 is 12.0 Å². The molecule has 0 aliphatic carbocycles. The SMILES string of the molecule is C#CCCNC(=O)N[C@H](C(=O)O)c1ccccc1. The van der Waals surface area contributed by atoms with Gasteiger partial charge in [-0.1, -0.05) is 30.3 Å². The summed E-state index contributed by atoms with van der Waals surface area (Å²) in [6.07, 6.45) is 5.44. The van der Waals surface area contributed by atoms with E-state index in [2.05, 4.69) is 16.6 Å². The van der Waals surface area contributed by atoms with Crippen molar-refractivity contribution in [1.29, 1.82) is 0 Å². The number of urea groups is 1. The molecule has 1 atom stereocenters. The number of carboxylic acid groups (broad SMARTS) is 1. The molecule has 0 spiro atoms. The number of carbonyl (C=O) groups is 2. The smallest absolute Gasteiger partial charge is 0.330 e. The Kier molecular flexibility index (Phi) is 5.26. The van der Waals surface area contributed by atoms with Crippen LogP contribution in [0.3, 0.4) is 0 Å². The van der Waals surface area contributed by atoms with E-state index in [9.17, 15) is 9.59 Å². The summed E-state index contributed by atoms with van der Waals surface area (Å²) in [7, 11) is 0. The Balaban J connectivity index is 2.63. The van der Waals surface area contributed by atoms with E-state index in [-0.39, 0.29) is 0 Å². The summed E-state index contributed by atoms with van der Waals surface area (Å²) in [6, 6.07) is 6.85. The van der Waals surface area contributed by atoms with Crippen LogP contribution in [0.4, 0.5) is 4.79 Å². The van der Waals surface area contributed by atoms with E-state index in [1.807, 2.05) is 0 Å². The second kappa shape index (κ2) is 6.97. The zero-order valence-electron chi connectivity index (χ0n) is 9.72. The quantitative estimate of drug-likeness (QED) is 0.538. The van der Waals surface area contributed by atoms with Gasteiger partial charge in [0.15, 0.2) is 6.04 Å². The lowest BCUT2D eigenvalue weighted by atomic mass is 10.1. The highest BCUT2D eigenvalue weighted by Crippen LogP contribution is 2.12. The van der Waals surface area contributed by atoms with Gasteiger partial charge < -0.3 is 15.7 Å². The molecular formula is C13H14N2O3. The molecule has 0 aromatic heterocycles. The highest BCUT2D eigenvalue weighted by atomic mass is 16.4. The van der Waals surface area contributed by atoms with E-state index in [4.69, 9.17) is 11.5 Å². The third-order valence-corrected chi connectivity index (χ3v) is 2.21. The third kappa shape index (κ3) is 4.18. The highest BCUT2D eigenvalue weighted by Gasteiger charge is 2.21. The Labute approximate surface area is 105 Å². The second-order valence-electron chi connectivity index (χ2n) is 3.54. The minimum absolute atomic E-state index is 0.309. The lowest BCUT2D eigenvalue weighted by molar-refractivity contribution is -0.139. The van der Waals surface area contributed by atoms with E-state index in [0.717, 1.165) is 0 Å². The molecule has 3 N–H and O–H groups in total. The van der Waals surface area contributed by atoms with Gasteiger partial charge in [-0.25, -0.2) is 9.59 Å². The average Bonchev–Trinajstić information content (AvgIpc) is 2.37. The van der Waals surface area contributed by atoms with Crippen molar-refractivity contribution in [2.45, 2.75) is 12.5 Å². The second-order valence-corrected chi connectivity index (χ2v) is 3.54. The molecule has 5 heteroatoms. The number of carboxylic acids is 1. The van der Waals surface area contributed by atoms with Crippen LogP contribution in [-0.4, -0.2) is 23.7 Å². The lowest BCUT2D eigenvalue weighted by Gasteiger charge is -2.15. The summed E-state index contributed by atoms with van der Waals surface area (Å²) >= 11 is 0. The van der Waals surface area contributed by atoms with Gasteiger partial charge in [0.05, 0.1) is 0 Å². The largest absolute Gasteiger partial charge is 0.479 e. The maximum absolute atomic E-state index is 11.5. The standard InChI is InChI=1S/C13H14N2O3/c1-2-3-9-14-13(18)15-11(12(16)17)10-7-5-4-6-8-10/h1,4-8,11H,3,9H2,(H,16,17)(H2,14,15,18)/t11-/m0/s1. The van der Waals surface area contributed by atoms with Gasteiger partial charge in [0.1, 0.15) is 0 Å². The van der Waals surface area contributed by atoms with Crippen LogP contribution in [0, 0.1) is 12.3 Å². The number of hydrogen-bond acceptors (Lipinski definition) is 2. The summed E-state index contributed by atoms with van der Waals surface area (Å²) in [4.78, 5) is 22.5. The Bertz CT molecular complexity index is 451. The molecule has 0 aliphatic heterocycles. The van der Waals surface area contributed by atoms with Crippen molar-refractivity contribution in [3.05, 3.63) is 35.9 Å². The molecule has 0 saturated heterocycles. The number of benzene rings is 1. The first kappa shape index (κ1) is 13.6. The Morgan fingerprint density at radius 3 is 2.56 bits per heavy atom. The Morgan fingerprint density at radius 1 is 1.33 bits per heavy atom. The number of nitrogens with one attached hydrogen (secondary N) is 2. The molecule has 0 aliphatic rings. The van der Waals surface area contributed by atoms with Gasteiger partial charge >= 0.3 is 12.0 Å². The first-order valence-electron chi connectivity index (χ1n) is 5.40. The van der Waals surface area contributed by atoms with Crippen molar-refractivity contribution in [3.8, 4) is 12.3 Å². The van der Waals surface area contributed by atoms with Crippen LogP contribution >= 0.6 is 0 Å². The minimum Gasteiger partial charge on any atom is -0.479 e. The first-order valence-corrected chi connectivity index (χ1v) is 5.40. The summed E-state index contributed by atoms with van der Waals surface area (Å²) in [5.74, 6) is 1.25. The number of hydrogen-bond donors (Lipinski definition) is 3. The van der Waals surface area contributed by atoms with Crippen LogP contribution < -0.4 is 10.6 Å². The molecule has 94 valence electrons. The average molecular weight is 246 g/mol. The summed E-state index contributed by atoms with van der Waals surface area (Å²) in [5, 5.41) is 13.9. The number of amides is 2. The number of rotatable bonds is 5. The van der Waals surface area contributed by atoms with E-state index in [1.165, 1.54) is 0 Å². The molecule has 0 heterocycles. The molecule has 1 aromatic carbocycles. The molecule has 0 saturated carbocycles. The van der Waals surface area contributed by atoms with Crippen molar-refractivity contribution in [3.63, 3.8) is 0 Å². The summed E-state index contributed by atoms with van der Waals surface area (Å²) in [5.41, 5.74) is 0.511. The van der Waals surface area contributed by atoms with Crippen molar-refractivity contribution in [1.82, 2.24) is 10.6 Å². The Morgan fingerprint density at radius 2 is 2.00 bits per heavy atom. The van der Waals surface area contributed by atoms with Crippen molar-refractivity contribution < 1.29 is 14.7 Å². The fraction of sp³-hybridized carbons (Fsp3) is 0.231. The van der Waals surface area contributed by atoms with Crippen LogP contribution in [0.15, 0.2) is 30.3 Å². The van der Waals surface area contributed by atoms with Crippen LogP contribution in [-0.2, 0) is 4.79 Å². The topological polar surface area (TPSA) is 78.4 Å². The maximum Gasteiger partial charge on any atom is 0.330 e. The van der Waals surface area contributed by atoms with Crippen molar-refractivity contribution in [2.75, 3.05) is 6.54 Å².